The van der Waals surface area contributed by atoms with E-state index in [0.717, 1.165) is 15.6 Å². The fourth-order valence-electron chi connectivity index (χ4n) is 2.42. The third-order valence-electron chi connectivity index (χ3n) is 3.62. The molecule has 5 nitrogen and oxygen atoms in total. The SMILES string of the molecule is O=C(NCc1nc(-c2cccs2)no1)c1ccc2ccccc2c1. The second kappa shape index (κ2) is 6.25. The Kier molecular flexibility index (Phi) is 3.80. The van der Waals surface area contributed by atoms with E-state index in [2.05, 4.69) is 15.5 Å². The summed E-state index contributed by atoms with van der Waals surface area (Å²) in [4.78, 5) is 17.5. The zero-order valence-electron chi connectivity index (χ0n) is 12.6. The fourth-order valence-corrected chi connectivity index (χ4v) is 3.07. The predicted molar refractivity (Wildman–Crippen MR) is 92.7 cm³/mol. The van der Waals surface area contributed by atoms with Crippen molar-refractivity contribution in [2.75, 3.05) is 0 Å². The molecule has 6 heteroatoms. The maximum absolute atomic E-state index is 12.3. The average molecular weight is 335 g/mol. The van der Waals surface area contributed by atoms with E-state index in [1.165, 1.54) is 11.3 Å². The first-order valence-corrected chi connectivity index (χ1v) is 8.31. The van der Waals surface area contributed by atoms with Gasteiger partial charge in [0.15, 0.2) is 0 Å². The number of fused-ring (bicyclic) bond motifs is 1. The van der Waals surface area contributed by atoms with Crippen molar-refractivity contribution in [3.8, 4) is 10.7 Å². The second-order valence-corrected chi connectivity index (χ2v) is 6.18. The topological polar surface area (TPSA) is 68.0 Å². The lowest BCUT2D eigenvalue weighted by molar-refractivity contribution is 0.0946. The number of nitrogens with one attached hydrogen (secondary N) is 1. The van der Waals surface area contributed by atoms with Crippen molar-refractivity contribution >= 4 is 28.0 Å². The number of carbonyl (C=O) groups excluding carboxylic acids is 1. The summed E-state index contributed by atoms with van der Waals surface area (Å²) in [5.41, 5.74) is 0.603. The smallest absolute Gasteiger partial charge is 0.251 e. The minimum Gasteiger partial charge on any atom is -0.343 e. The Morgan fingerprint density at radius 3 is 2.79 bits per heavy atom. The van der Waals surface area contributed by atoms with Gasteiger partial charge in [-0.25, -0.2) is 0 Å². The van der Waals surface area contributed by atoms with Gasteiger partial charge in [-0.1, -0.05) is 41.6 Å². The number of nitrogens with zero attached hydrogens (tertiary/aromatic N) is 2. The molecule has 2 heterocycles. The summed E-state index contributed by atoms with van der Waals surface area (Å²) in [6.45, 7) is 0.198. The number of benzene rings is 2. The minimum atomic E-state index is -0.170. The van der Waals surface area contributed by atoms with Crippen molar-refractivity contribution in [3.05, 3.63) is 71.4 Å². The van der Waals surface area contributed by atoms with Gasteiger partial charge in [-0.2, -0.15) is 4.98 Å². The Hall–Kier alpha value is -2.99. The van der Waals surface area contributed by atoms with Crippen LogP contribution in [0.5, 0.6) is 0 Å². The number of aromatic nitrogens is 2. The molecule has 4 aromatic rings. The van der Waals surface area contributed by atoms with E-state index in [1.54, 1.807) is 0 Å². The molecule has 0 saturated carbocycles. The quantitative estimate of drug-likeness (QED) is 0.614. The Morgan fingerprint density at radius 2 is 1.96 bits per heavy atom. The number of carbonyl (C=O) groups is 1. The molecule has 0 atom stereocenters. The monoisotopic (exact) mass is 335 g/mol. The van der Waals surface area contributed by atoms with Gasteiger partial charge in [-0.05, 0) is 34.4 Å². The predicted octanol–water partition coefficient (Wildman–Crippen LogP) is 3.88. The van der Waals surface area contributed by atoms with E-state index < -0.39 is 0 Å². The first-order chi connectivity index (χ1) is 11.8. The van der Waals surface area contributed by atoms with Crippen molar-refractivity contribution in [3.63, 3.8) is 0 Å². The average Bonchev–Trinajstić information content (AvgIpc) is 3.30. The number of hydrogen-bond acceptors (Lipinski definition) is 5. The molecule has 0 fully saturated rings. The number of amides is 1. The lowest BCUT2D eigenvalue weighted by Gasteiger charge is -2.04. The lowest BCUT2D eigenvalue weighted by Crippen LogP contribution is -2.22. The summed E-state index contributed by atoms with van der Waals surface area (Å²) < 4.78 is 5.18. The van der Waals surface area contributed by atoms with Crippen LogP contribution in [0.15, 0.2) is 64.5 Å². The zero-order valence-corrected chi connectivity index (χ0v) is 13.4. The maximum atomic E-state index is 12.3. The van der Waals surface area contributed by atoms with E-state index in [0.29, 0.717) is 17.3 Å². The summed E-state index contributed by atoms with van der Waals surface area (Å²) in [6.07, 6.45) is 0. The summed E-state index contributed by atoms with van der Waals surface area (Å²) in [5.74, 6) is 0.754. The Morgan fingerprint density at radius 1 is 1.08 bits per heavy atom. The van der Waals surface area contributed by atoms with E-state index in [9.17, 15) is 4.79 Å². The largest absolute Gasteiger partial charge is 0.343 e. The van der Waals surface area contributed by atoms with Crippen LogP contribution in [0.2, 0.25) is 0 Å². The normalized spacial score (nSPS) is 10.8. The fraction of sp³-hybridized carbons (Fsp3) is 0.0556. The molecular formula is C18H13N3O2S. The molecular weight excluding hydrogens is 322 g/mol. The highest BCUT2D eigenvalue weighted by Crippen LogP contribution is 2.21. The van der Waals surface area contributed by atoms with Crippen LogP contribution < -0.4 is 5.32 Å². The van der Waals surface area contributed by atoms with Crippen LogP contribution in [-0.4, -0.2) is 16.0 Å². The van der Waals surface area contributed by atoms with Crippen molar-refractivity contribution in [2.45, 2.75) is 6.54 Å². The molecule has 0 saturated heterocycles. The number of hydrogen-bond donors (Lipinski definition) is 1. The van der Waals surface area contributed by atoms with Crippen molar-refractivity contribution < 1.29 is 9.32 Å². The van der Waals surface area contributed by atoms with Gasteiger partial charge in [0, 0.05) is 5.56 Å². The van der Waals surface area contributed by atoms with Crippen molar-refractivity contribution in [1.82, 2.24) is 15.5 Å². The molecule has 118 valence electrons. The maximum Gasteiger partial charge on any atom is 0.251 e. The Bertz CT molecular complexity index is 992. The van der Waals surface area contributed by atoms with Gasteiger partial charge in [-0.15, -0.1) is 11.3 Å². The molecule has 0 aliphatic rings. The molecule has 0 aliphatic carbocycles. The van der Waals surface area contributed by atoms with Gasteiger partial charge in [0.1, 0.15) is 0 Å². The standard InChI is InChI=1S/C18H13N3O2S/c22-18(14-8-7-12-4-1-2-5-13(12)10-14)19-11-16-20-17(21-23-16)15-6-3-9-24-15/h1-10H,11H2,(H,19,22). The minimum absolute atomic E-state index is 0.170. The highest BCUT2D eigenvalue weighted by molar-refractivity contribution is 7.13. The molecule has 24 heavy (non-hydrogen) atoms. The third kappa shape index (κ3) is 2.91. The molecule has 2 aromatic carbocycles. The summed E-state index contributed by atoms with van der Waals surface area (Å²) in [6, 6.07) is 17.4. The van der Waals surface area contributed by atoms with Crippen LogP contribution in [0.25, 0.3) is 21.5 Å². The van der Waals surface area contributed by atoms with E-state index in [-0.39, 0.29) is 12.5 Å². The van der Waals surface area contributed by atoms with Gasteiger partial charge >= 0.3 is 0 Å². The second-order valence-electron chi connectivity index (χ2n) is 5.23. The zero-order chi connectivity index (χ0) is 16.4. The first-order valence-electron chi connectivity index (χ1n) is 7.43. The van der Waals surface area contributed by atoms with Gasteiger partial charge < -0.3 is 9.84 Å². The summed E-state index contributed by atoms with van der Waals surface area (Å²) in [7, 11) is 0. The molecule has 1 N–H and O–H groups in total. The number of rotatable bonds is 4. The highest BCUT2D eigenvalue weighted by Gasteiger charge is 2.11. The first kappa shape index (κ1) is 14.6. The molecule has 2 aromatic heterocycles. The molecule has 0 bridgehead atoms. The van der Waals surface area contributed by atoms with E-state index in [4.69, 9.17) is 4.52 Å². The third-order valence-corrected chi connectivity index (χ3v) is 4.49. The number of thiophene rings is 1. The van der Waals surface area contributed by atoms with E-state index >= 15 is 0 Å². The summed E-state index contributed by atoms with van der Waals surface area (Å²) in [5, 5.41) is 10.8. The van der Waals surface area contributed by atoms with E-state index in [1.807, 2.05) is 60.0 Å². The summed E-state index contributed by atoms with van der Waals surface area (Å²) >= 11 is 1.54. The van der Waals surface area contributed by atoms with Gasteiger partial charge in [0.05, 0.1) is 11.4 Å². The molecule has 1 amide bonds. The molecule has 0 spiro atoms. The van der Waals surface area contributed by atoms with Crippen LogP contribution in [0.1, 0.15) is 16.2 Å². The Balaban J connectivity index is 1.46. The molecule has 0 aliphatic heterocycles. The van der Waals surface area contributed by atoms with Crippen molar-refractivity contribution in [1.29, 1.82) is 0 Å². The van der Waals surface area contributed by atoms with Crippen LogP contribution >= 0.6 is 11.3 Å². The van der Waals surface area contributed by atoms with Gasteiger partial charge in [0.25, 0.3) is 5.91 Å². The molecule has 4 rings (SSSR count). The van der Waals surface area contributed by atoms with Crippen LogP contribution in [0.4, 0.5) is 0 Å². The van der Waals surface area contributed by atoms with Crippen molar-refractivity contribution in [2.24, 2.45) is 0 Å². The highest BCUT2D eigenvalue weighted by atomic mass is 32.1. The molecule has 0 unspecified atom stereocenters. The van der Waals surface area contributed by atoms with Gasteiger partial charge in [-0.3, -0.25) is 4.79 Å². The Labute approximate surface area is 141 Å². The lowest BCUT2D eigenvalue weighted by atomic mass is 10.1. The van der Waals surface area contributed by atoms with Crippen LogP contribution in [0, 0.1) is 0 Å². The van der Waals surface area contributed by atoms with Crippen LogP contribution in [-0.2, 0) is 6.54 Å². The van der Waals surface area contributed by atoms with Gasteiger partial charge in [0.2, 0.25) is 11.7 Å². The molecule has 0 radical (unpaired) electrons. The van der Waals surface area contributed by atoms with Crippen LogP contribution in [0.3, 0.4) is 0 Å².